The summed E-state index contributed by atoms with van der Waals surface area (Å²) >= 11 is 0.902. The first-order chi connectivity index (χ1) is 13.6. The summed E-state index contributed by atoms with van der Waals surface area (Å²) in [5.74, 6) is -0.149. The van der Waals surface area contributed by atoms with Crippen molar-refractivity contribution < 1.29 is 23.5 Å². The van der Waals surface area contributed by atoms with Crippen LogP contribution in [-0.2, 0) is 16.1 Å². The number of amides is 2. The van der Waals surface area contributed by atoms with Crippen LogP contribution < -0.4 is 4.74 Å². The number of thioether (sulfide) groups is 1. The highest BCUT2D eigenvalue weighted by atomic mass is 32.2. The van der Waals surface area contributed by atoms with E-state index < -0.39 is 0 Å². The molecule has 1 saturated heterocycles. The molecular formula is C21H20FNO4S. The minimum absolute atomic E-state index is 0.0655. The summed E-state index contributed by atoms with van der Waals surface area (Å²) < 4.78 is 24.5. The van der Waals surface area contributed by atoms with Gasteiger partial charge in [-0.1, -0.05) is 36.4 Å². The molecule has 0 aliphatic carbocycles. The molecule has 0 spiro atoms. The molecule has 146 valence electrons. The first kappa shape index (κ1) is 20.1. The molecule has 1 aliphatic rings. The zero-order valence-corrected chi connectivity index (χ0v) is 16.2. The van der Waals surface area contributed by atoms with E-state index in [4.69, 9.17) is 9.47 Å². The van der Waals surface area contributed by atoms with Crippen LogP contribution in [0.25, 0.3) is 6.08 Å². The lowest BCUT2D eigenvalue weighted by molar-refractivity contribution is -0.122. The van der Waals surface area contributed by atoms with Gasteiger partial charge in [-0.3, -0.25) is 14.5 Å². The fraction of sp³-hybridized carbons (Fsp3) is 0.238. The maximum Gasteiger partial charge on any atom is 0.293 e. The monoisotopic (exact) mass is 401 g/mol. The van der Waals surface area contributed by atoms with E-state index >= 15 is 0 Å². The Morgan fingerprint density at radius 3 is 2.64 bits per heavy atom. The Morgan fingerprint density at radius 2 is 1.86 bits per heavy atom. The lowest BCUT2D eigenvalue weighted by atomic mass is 10.1. The molecule has 3 rings (SSSR count). The largest absolute Gasteiger partial charge is 0.488 e. The Morgan fingerprint density at radius 1 is 1.11 bits per heavy atom. The van der Waals surface area contributed by atoms with Crippen molar-refractivity contribution in [2.24, 2.45) is 0 Å². The van der Waals surface area contributed by atoms with E-state index in [0.717, 1.165) is 11.8 Å². The number of imide groups is 1. The van der Waals surface area contributed by atoms with Crippen LogP contribution in [-0.4, -0.2) is 36.3 Å². The van der Waals surface area contributed by atoms with Gasteiger partial charge in [-0.15, -0.1) is 0 Å². The van der Waals surface area contributed by atoms with Gasteiger partial charge in [0.15, 0.2) is 0 Å². The number of para-hydroxylation sites is 1. The predicted octanol–water partition coefficient (Wildman–Crippen LogP) is 4.48. The summed E-state index contributed by atoms with van der Waals surface area (Å²) in [6.07, 6.45) is 2.22. The van der Waals surface area contributed by atoms with Crippen molar-refractivity contribution in [3.8, 4) is 5.75 Å². The number of hydrogen-bond acceptors (Lipinski definition) is 5. The number of ether oxygens (including phenoxy) is 2. The quantitative estimate of drug-likeness (QED) is 0.482. The molecule has 28 heavy (non-hydrogen) atoms. The number of halogens is 1. The van der Waals surface area contributed by atoms with E-state index in [1.807, 2.05) is 6.07 Å². The third kappa shape index (κ3) is 4.79. The van der Waals surface area contributed by atoms with E-state index in [0.29, 0.717) is 41.4 Å². The Labute approximate surface area is 167 Å². The summed E-state index contributed by atoms with van der Waals surface area (Å²) in [5, 5.41) is -0.294. The Kier molecular flexibility index (Phi) is 6.84. The van der Waals surface area contributed by atoms with Crippen LogP contribution in [0, 0.1) is 5.82 Å². The molecule has 1 fully saturated rings. The van der Waals surface area contributed by atoms with Crippen LogP contribution in [0.1, 0.15) is 17.5 Å². The van der Waals surface area contributed by atoms with Crippen LogP contribution in [0.2, 0.25) is 0 Å². The van der Waals surface area contributed by atoms with Crippen LogP contribution >= 0.6 is 11.8 Å². The van der Waals surface area contributed by atoms with E-state index in [9.17, 15) is 14.0 Å². The molecule has 2 aromatic rings. The predicted molar refractivity (Wildman–Crippen MR) is 106 cm³/mol. The maximum atomic E-state index is 13.8. The maximum absolute atomic E-state index is 13.8. The summed E-state index contributed by atoms with van der Waals surface area (Å²) in [6, 6.07) is 13.5. The molecule has 7 heteroatoms. The molecule has 0 bridgehead atoms. The topological polar surface area (TPSA) is 55.8 Å². The average Bonchev–Trinajstić information content (AvgIpc) is 2.96. The van der Waals surface area contributed by atoms with E-state index in [-0.39, 0.29) is 23.6 Å². The number of benzene rings is 2. The number of methoxy groups -OCH3 is 1. The highest BCUT2D eigenvalue weighted by Crippen LogP contribution is 2.34. The Hall–Kier alpha value is -2.64. The average molecular weight is 401 g/mol. The molecule has 0 atom stereocenters. The van der Waals surface area contributed by atoms with Gasteiger partial charge >= 0.3 is 0 Å². The molecule has 0 saturated carbocycles. The van der Waals surface area contributed by atoms with Crippen LogP contribution in [0.4, 0.5) is 9.18 Å². The molecule has 0 radical (unpaired) electrons. The Bertz CT molecular complexity index is 899. The molecular weight excluding hydrogens is 381 g/mol. The third-order valence-electron chi connectivity index (χ3n) is 4.15. The van der Waals surface area contributed by atoms with Gasteiger partial charge in [0.2, 0.25) is 0 Å². The van der Waals surface area contributed by atoms with Gasteiger partial charge < -0.3 is 9.47 Å². The second-order valence-corrected chi connectivity index (χ2v) is 7.09. The minimum Gasteiger partial charge on any atom is -0.488 e. The van der Waals surface area contributed by atoms with E-state index in [1.165, 1.54) is 11.0 Å². The molecule has 2 aromatic carbocycles. The Balaban J connectivity index is 1.75. The lowest BCUT2D eigenvalue weighted by Gasteiger charge is -2.12. The molecule has 5 nitrogen and oxygen atoms in total. The highest BCUT2D eigenvalue weighted by Gasteiger charge is 2.34. The van der Waals surface area contributed by atoms with Crippen molar-refractivity contribution in [3.63, 3.8) is 0 Å². The van der Waals surface area contributed by atoms with Gasteiger partial charge in [-0.25, -0.2) is 4.39 Å². The molecule has 2 amide bonds. The van der Waals surface area contributed by atoms with Gasteiger partial charge in [-0.2, -0.15) is 0 Å². The van der Waals surface area contributed by atoms with Crippen LogP contribution in [0.15, 0.2) is 53.4 Å². The SMILES string of the molecule is COCCCN1C(=O)S/C(=C/c2ccccc2OCc2ccccc2F)C1=O. The second-order valence-electron chi connectivity index (χ2n) is 6.10. The smallest absolute Gasteiger partial charge is 0.293 e. The summed E-state index contributed by atoms with van der Waals surface area (Å²) in [4.78, 5) is 26.2. The summed E-state index contributed by atoms with van der Waals surface area (Å²) in [5.41, 5.74) is 1.09. The fourth-order valence-corrected chi connectivity index (χ4v) is 3.56. The van der Waals surface area contributed by atoms with Gasteiger partial charge in [0.25, 0.3) is 11.1 Å². The van der Waals surface area contributed by atoms with Crippen molar-refractivity contribution >= 4 is 29.0 Å². The van der Waals surface area contributed by atoms with Crippen molar-refractivity contribution in [2.75, 3.05) is 20.3 Å². The van der Waals surface area contributed by atoms with Crippen LogP contribution in [0.5, 0.6) is 5.75 Å². The molecule has 0 aromatic heterocycles. The van der Waals surface area contributed by atoms with Crippen LogP contribution in [0.3, 0.4) is 0 Å². The first-order valence-corrected chi connectivity index (χ1v) is 9.61. The molecule has 0 unspecified atom stereocenters. The zero-order valence-electron chi connectivity index (χ0n) is 15.4. The highest BCUT2D eigenvalue weighted by molar-refractivity contribution is 8.18. The van der Waals surface area contributed by atoms with Gasteiger partial charge in [-0.05, 0) is 36.4 Å². The van der Waals surface area contributed by atoms with Crippen molar-refractivity contribution in [2.45, 2.75) is 13.0 Å². The van der Waals surface area contributed by atoms with E-state index in [1.54, 1.807) is 49.6 Å². The van der Waals surface area contributed by atoms with E-state index in [2.05, 4.69) is 0 Å². The zero-order chi connectivity index (χ0) is 19.9. The number of carbonyl (C=O) groups is 2. The standard InChI is InChI=1S/C21H20FNO4S/c1-26-12-6-11-23-20(24)19(28-21(23)25)13-15-7-3-5-10-18(15)27-14-16-8-2-4-9-17(16)22/h2-5,7-10,13H,6,11-12,14H2,1H3/b19-13+. The minimum atomic E-state index is -0.336. The molecule has 0 N–H and O–H groups in total. The van der Waals surface area contributed by atoms with Gasteiger partial charge in [0, 0.05) is 31.4 Å². The number of nitrogens with zero attached hydrogens (tertiary/aromatic N) is 1. The fourth-order valence-electron chi connectivity index (χ4n) is 2.70. The number of hydrogen-bond donors (Lipinski definition) is 0. The summed E-state index contributed by atoms with van der Waals surface area (Å²) in [6.45, 7) is 0.866. The van der Waals surface area contributed by atoms with Gasteiger partial charge in [0.1, 0.15) is 18.2 Å². The number of carbonyl (C=O) groups excluding carboxylic acids is 2. The van der Waals surface area contributed by atoms with Crippen molar-refractivity contribution in [1.29, 1.82) is 0 Å². The molecule has 1 heterocycles. The third-order valence-corrected chi connectivity index (χ3v) is 5.06. The first-order valence-electron chi connectivity index (χ1n) is 8.79. The summed E-state index contributed by atoms with van der Waals surface area (Å²) in [7, 11) is 1.58. The van der Waals surface area contributed by atoms with Crippen molar-refractivity contribution in [1.82, 2.24) is 4.90 Å². The second kappa shape index (κ2) is 9.52. The lowest BCUT2D eigenvalue weighted by Crippen LogP contribution is -2.29. The molecule has 1 aliphatic heterocycles. The number of rotatable bonds is 8. The van der Waals surface area contributed by atoms with Gasteiger partial charge in [0.05, 0.1) is 4.91 Å². The van der Waals surface area contributed by atoms with Crippen molar-refractivity contribution in [3.05, 3.63) is 70.4 Å². The normalized spacial score (nSPS) is 15.5.